The number of pyridine rings is 1. The smallest absolute Gasteiger partial charge is 0.251 e. The lowest BCUT2D eigenvalue weighted by Crippen LogP contribution is -2.51. The molecule has 7 nitrogen and oxygen atoms in total. The van der Waals surface area contributed by atoms with Crippen molar-refractivity contribution in [1.82, 2.24) is 24.5 Å². The summed E-state index contributed by atoms with van der Waals surface area (Å²) in [5.74, 6) is -0.244. The topological polar surface area (TPSA) is 70.0 Å². The number of piperazine rings is 1. The Morgan fingerprint density at radius 1 is 1.03 bits per heavy atom. The van der Waals surface area contributed by atoms with E-state index >= 15 is 0 Å². The fraction of sp³-hybridized carbons (Fsp3) is 0.375. The number of nitrogens with zero attached hydrogens (tertiary/aromatic N) is 4. The molecule has 1 saturated heterocycles. The van der Waals surface area contributed by atoms with Crippen LogP contribution in [0.4, 0.5) is 0 Å². The van der Waals surface area contributed by atoms with Gasteiger partial charge in [-0.05, 0) is 50.1 Å². The van der Waals surface area contributed by atoms with Crippen molar-refractivity contribution in [3.05, 3.63) is 70.7 Å². The molecule has 0 bridgehead atoms. The highest BCUT2D eigenvalue weighted by Gasteiger charge is 2.23. The van der Waals surface area contributed by atoms with Crippen molar-refractivity contribution >= 4 is 17.5 Å². The van der Waals surface area contributed by atoms with Crippen molar-refractivity contribution in [2.45, 2.75) is 27.3 Å². The minimum atomic E-state index is -0.205. The van der Waals surface area contributed by atoms with Crippen LogP contribution in [0.15, 0.2) is 42.6 Å². The molecule has 0 atom stereocenters. The number of hydrogen-bond acceptors (Lipinski definition) is 4. The molecule has 4 rings (SSSR count). The second kappa shape index (κ2) is 8.89. The van der Waals surface area contributed by atoms with Crippen molar-refractivity contribution < 1.29 is 9.59 Å². The van der Waals surface area contributed by atoms with E-state index in [1.807, 2.05) is 30.0 Å². The van der Waals surface area contributed by atoms with Gasteiger partial charge in [-0.2, -0.15) is 0 Å². The number of amides is 2. The predicted molar refractivity (Wildman–Crippen MR) is 120 cm³/mol. The Labute approximate surface area is 182 Å². The molecule has 162 valence electrons. The summed E-state index contributed by atoms with van der Waals surface area (Å²) in [6.45, 7) is 9.77. The number of imidazole rings is 1. The Balaban J connectivity index is 1.30. The first-order valence-electron chi connectivity index (χ1n) is 10.7. The van der Waals surface area contributed by atoms with E-state index in [0.29, 0.717) is 18.7 Å². The number of benzene rings is 1. The van der Waals surface area contributed by atoms with Crippen LogP contribution in [-0.2, 0) is 11.3 Å². The fourth-order valence-corrected chi connectivity index (χ4v) is 4.06. The Morgan fingerprint density at radius 2 is 1.77 bits per heavy atom. The van der Waals surface area contributed by atoms with Crippen molar-refractivity contribution in [1.29, 1.82) is 0 Å². The molecule has 0 radical (unpaired) electrons. The maximum Gasteiger partial charge on any atom is 0.251 e. The lowest BCUT2D eigenvalue weighted by Gasteiger charge is -2.34. The third kappa shape index (κ3) is 4.61. The van der Waals surface area contributed by atoms with Crippen LogP contribution >= 0.6 is 0 Å². The molecule has 0 aliphatic carbocycles. The Hall–Kier alpha value is -3.19. The number of carbonyl (C=O) groups is 2. The molecule has 1 N–H and O–H groups in total. The number of fused-ring (bicyclic) bond motifs is 1. The summed E-state index contributed by atoms with van der Waals surface area (Å²) in [5.41, 5.74) is 5.93. The summed E-state index contributed by atoms with van der Waals surface area (Å²) < 4.78 is 2.15. The van der Waals surface area contributed by atoms with Gasteiger partial charge in [0.2, 0.25) is 5.91 Å². The highest BCUT2D eigenvalue weighted by Crippen LogP contribution is 2.16. The zero-order valence-corrected chi connectivity index (χ0v) is 18.4. The predicted octanol–water partition coefficient (Wildman–Crippen LogP) is 2.33. The van der Waals surface area contributed by atoms with Gasteiger partial charge in [-0.15, -0.1) is 0 Å². The van der Waals surface area contributed by atoms with Crippen LogP contribution in [0, 0.1) is 20.8 Å². The van der Waals surface area contributed by atoms with E-state index in [4.69, 9.17) is 0 Å². The van der Waals surface area contributed by atoms with E-state index < -0.39 is 0 Å². The molecule has 0 spiro atoms. The number of hydrogen-bond donors (Lipinski definition) is 1. The van der Waals surface area contributed by atoms with Crippen LogP contribution in [-0.4, -0.2) is 63.7 Å². The molecule has 1 aromatic carbocycles. The van der Waals surface area contributed by atoms with Gasteiger partial charge in [0.05, 0.1) is 17.9 Å². The van der Waals surface area contributed by atoms with Crippen LogP contribution in [0.25, 0.3) is 5.65 Å². The monoisotopic (exact) mass is 419 g/mol. The van der Waals surface area contributed by atoms with E-state index in [9.17, 15) is 9.59 Å². The third-order valence-corrected chi connectivity index (χ3v) is 5.97. The van der Waals surface area contributed by atoms with Gasteiger partial charge in [0.1, 0.15) is 5.65 Å². The largest absolute Gasteiger partial charge is 0.343 e. The van der Waals surface area contributed by atoms with Crippen LogP contribution in [0.3, 0.4) is 0 Å². The molecular weight excluding hydrogens is 390 g/mol. The van der Waals surface area contributed by atoms with Crippen LogP contribution < -0.4 is 5.32 Å². The summed E-state index contributed by atoms with van der Waals surface area (Å²) in [7, 11) is 0. The van der Waals surface area contributed by atoms with Crippen molar-refractivity contribution in [3.63, 3.8) is 0 Å². The maximum atomic E-state index is 12.6. The maximum absolute atomic E-state index is 12.6. The summed E-state index contributed by atoms with van der Waals surface area (Å²) >= 11 is 0. The van der Waals surface area contributed by atoms with Crippen molar-refractivity contribution in [2.24, 2.45) is 0 Å². The molecule has 1 fully saturated rings. The molecule has 31 heavy (non-hydrogen) atoms. The third-order valence-electron chi connectivity index (χ3n) is 5.97. The van der Waals surface area contributed by atoms with Gasteiger partial charge in [0.15, 0.2) is 0 Å². The lowest BCUT2D eigenvalue weighted by molar-refractivity contribution is -0.131. The summed E-state index contributed by atoms with van der Waals surface area (Å²) in [6.07, 6.45) is 2.08. The van der Waals surface area contributed by atoms with Gasteiger partial charge < -0.3 is 14.6 Å². The summed E-state index contributed by atoms with van der Waals surface area (Å²) in [5, 5.41) is 2.76. The average molecular weight is 420 g/mol. The molecular formula is C24H29N5O2. The first-order valence-corrected chi connectivity index (χ1v) is 10.7. The molecule has 1 aliphatic rings. The van der Waals surface area contributed by atoms with Crippen LogP contribution in [0.2, 0.25) is 0 Å². The van der Waals surface area contributed by atoms with Gasteiger partial charge in [-0.1, -0.05) is 18.2 Å². The highest BCUT2D eigenvalue weighted by atomic mass is 16.2. The first kappa shape index (κ1) is 21.1. The molecule has 1 aliphatic heterocycles. The fourth-order valence-electron chi connectivity index (χ4n) is 4.06. The highest BCUT2D eigenvalue weighted by molar-refractivity contribution is 5.97. The SMILES string of the molecule is Cc1ccn2c(CN3CCN(C(=O)CNC(=O)c4ccccc4C)CC3)c(C)nc2c1. The average Bonchev–Trinajstić information content (AvgIpc) is 3.06. The van der Waals surface area contributed by atoms with E-state index in [2.05, 4.69) is 51.8 Å². The van der Waals surface area contributed by atoms with E-state index in [0.717, 1.165) is 36.5 Å². The number of nitrogens with one attached hydrogen (secondary N) is 1. The van der Waals surface area contributed by atoms with E-state index in [1.165, 1.54) is 11.3 Å². The molecule has 0 saturated carbocycles. The normalized spacial score (nSPS) is 14.7. The number of aryl methyl sites for hydroxylation is 3. The molecule has 3 heterocycles. The van der Waals surface area contributed by atoms with Crippen molar-refractivity contribution in [2.75, 3.05) is 32.7 Å². The van der Waals surface area contributed by atoms with Crippen molar-refractivity contribution in [3.8, 4) is 0 Å². The molecule has 2 amide bonds. The molecule has 3 aromatic rings. The van der Waals surface area contributed by atoms with Gasteiger partial charge in [-0.25, -0.2) is 4.98 Å². The molecule has 2 aromatic heterocycles. The Kier molecular flexibility index (Phi) is 6.04. The quantitative estimate of drug-likeness (QED) is 0.689. The summed E-state index contributed by atoms with van der Waals surface area (Å²) in [6, 6.07) is 11.6. The van der Waals surface area contributed by atoms with E-state index in [1.54, 1.807) is 6.07 Å². The van der Waals surface area contributed by atoms with Crippen LogP contribution in [0.5, 0.6) is 0 Å². The van der Waals surface area contributed by atoms with Crippen LogP contribution in [0.1, 0.15) is 32.9 Å². The number of aromatic nitrogens is 2. The Morgan fingerprint density at radius 3 is 2.52 bits per heavy atom. The summed E-state index contributed by atoms with van der Waals surface area (Å²) in [4.78, 5) is 33.8. The lowest BCUT2D eigenvalue weighted by atomic mass is 10.1. The zero-order valence-electron chi connectivity index (χ0n) is 18.4. The number of rotatable bonds is 5. The van der Waals surface area contributed by atoms with Gasteiger partial charge in [0.25, 0.3) is 5.91 Å². The first-order chi connectivity index (χ1) is 14.9. The van der Waals surface area contributed by atoms with E-state index in [-0.39, 0.29) is 18.4 Å². The minimum Gasteiger partial charge on any atom is -0.343 e. The minimum absolute atomic E-state index is 0.0267. The molecule has 7 heteroatoms. The standard InChI is InChI=1S/C24H29N5O2/c1-17-8-9-29-21(19(3)26-22(29)14-17)16-27-10-12-28(13-11-27)23(30)15-25-24(31)20-7-5-4-6-18(20)2/h4-9,14H,10-13,15-16H2,1-3H3,(H,25,31). The van der Waals surface area contributed by atoms with Gasteiger partial charge >= 0.3 is 0 Å². The molecule has 0 unspecified atom stereocenters. The second-order valence-electron chi connectivity index (χ2n) is 8.23. The number of carbonyl (C=O) groups excluding carboxylic acids is 2. The Bertz CT molecular complexity index is 1110. The van der Waals surface area contributed by atoms with Gasteiger partial charge in [-0.3, -0.25) is 14.5 Å². The van der Waals surface area contributed by atoms with Gasteiger partial charge in [0, 0.05) is 44.5 Å². The zero-order chi connectivity index (χ0) is 22.0. The second-order valence-corrected chi connectivity index (χ2v) is 8.23.